The van der Waals surface area contributed by atoms with Gasteiger partial charge >= 0.3 is 0 Å². The van der Waals surface area contributed by atoms with Crippen LogP contribution in [0, 0.1) is 10.1 Å². The largest absolute Gasteiger partial charge is 0.493 e. The highest BCUT2D eigenvalue weighted by Crippen LogP contribution is 2.27. The second-order valence-corrected chi connectivity index (χ2v) is 3.78. The van der Waals surface area contributed by atoms with Crippen molar-refractivity contribution in [3.8, 4) is 11.5 Å². The zero-order valence-corrected chi connectivity index (χ0v) is 10.8. The smallest absolute Gasteiger partial charge is 0.291 e. The molecule has 0 aromatic heterocycles. The Morgan fingerprint density at radius 2 is 2.00 bits per heavy atom. The van der Waals surface area contributed by atoms with Gasteiger partial charge in [-0.15, -0.1) is 0 Å². The van der Waals surface area contributed by atoms with Gasteiger partial charge in [0.1, 0.15) is 0 Å². The van der Waals surface area contributed by atoms with Gasteiger partial charge in [-0.1, -0.05) is 6.07 Å². The van der Waals surface area contributed by atoms with Crippen LogP contribution >= 0.6 is 0 Å². The number of ether oxygens (including phenoxy) is 2. The fourth-order valence-electron chi connectivity index (χ4n) is 1.56. The number of carbonyl (C=O) groups excluding carboxylic acids is 1. The van der Waals surface area contributed by atoms with Crippen LogP contribution in [0.1, 0.15) is 5.56 Å². The fourth-order valence-corrected chi connectivity index (χ4v) is 1.56. The van der Waals surface area contributed by atoms with Crippen molar-refractivity contribution in [1.29, 1.82) is 0 Å². The van der Waals surface area contributed by atoms with E-state index in [2.05, 4.69) is 5.32 Å². The summed E-state index contributed by atoms with van der Waals surface area (Å²) in [6, 6.07) is 5.42. The van der Waals surface area contributed by atoms with E-state index in [0.717, 1.165) is 5.56 Å². The third-order valence-electron chi connectivity index (χ3n) is 2.46. The molecule has 19 heavy (non-hydrogen) atoms. The number of benzene rings is 1. The number of nitrogens with one attached hydrogen (secondary N) is 1. The van der Waals surface area contributed by atoms with E-state index in [1.54, 1.807) is 26.4 Å². The first-order valence-corrected chi connectivity index (χ1v) is 5.66. The van der Waals surface area contributed by atoms with E-state index in [0.29, 0.717) is 24.5 Å². The van der Waals surface area contributed by atoms with Crippen molar-refractivity contribution >= 4 is 5.91 Å². The van der Waals surface area contributed by atoms with Gasteiger partial charge in [0.2, 0.25) is 0 Å². The monoisotopic (exact) mass is 268 g/mol. The molecule has 0 heterocycles. The molecule has 0 atom stereocenters. The topological polar surface area (TPSA) is 90.7 Å². The molecule has 1 N–H and O–H groups in total. The van der Waals surface area contributed by atoms with Crippen LogP contribution in [-0.2, 0) is 11.2 Å². The number of nitrogens with zero attached hydrogens (tertiary/aromatic N) is 1. The molecule has 0 unspecified atom stereocenters. The molecule has 0 spiro atoms. The van der Waals surface area contributed by atoms with Crippen LogP contribution in [0.3, 0.4) is 0 Å². The Hall–Kier alpha value is -2.31. The van der Waals surface area contributed by atoms with Crippen molar-refractivity contribution in [2.24, 2.45) is 0 Å². The lowest BCUT2D eigenvalue weighted by Crippen LogP contribution is -2.31. The quantitative estimate of drug-likeness (QED) is 0.579. The van der Waals surface area contributed by atoms with Gasteiger partial charge in [-0.25, -0.2) is 0 Å². The fraction of sp³-hybridized carbons (Fsp3) is 0.417. The molecule has 0 bridgehead atoms. The first-order chi connectivity index (χ1) is 9.06. The molecule has 0 fully saturated rings. The molecule has 0 radical (unpaired) electrons. The van der Waals surface area contributed by atoms with Crippen molar-refractivity contribution in [3.05, 3.63) is 33.9 Å². The number of amides is 1. The van der Waals surface area contributed by atoms with Crippen LogP contribution in [-0.4, -0.2) is 38.1 Å². The number of hydrogen-bond donors (Lipinski definition) is 1. The summed E-state index contributed by atoms with van der Waals surface area (Å²) in [5.74, 6) is 0.644. The molecular formula is C12H16N2O5. The van der Waals surface area contributed by atoms with Gasteiger partial charge in [-0.2, -0.15) is 0 Å². The van der Waals surface area contributed by atoms with E-state index in [1.807, 2.05) is 6.07 Å². The van der Waals surface area contributed by atoms with Crippen LogP contribution < -0.4 is 14.8 Å². The summed E-state index contributed by atoms with van der Waals surface area (Å²) in [6.07, 6.45) is 0.559. The van der Waals surface area contributed by atoms with Crippen molar-refractivity contribution in [3.63, 3.8) is 0 Å². The Bertz CT molecular complexity index is 461. The maximum Gasteiger partial charge on any atom is 0.291 e. The third kappa shape index (κ3) is 4.82. The Morgan fingerprint density at radius 1 is 1.32 bits per heavy atom. The maximum absolute atomic E-state index is 11.1. The van der Waals surface area contributed by atoms with Crippen molar-refractivity contribution in [2.45, 2.75) is 6.42 Å². The van der Waals surface area contributed by atoms with E-state index in [-0.39, 0.29) is 0 Å². The van der Waals surface area contributed by atoms with E-state index in [9.17, 15) is 14.9 Å². The molecule has 0 saturated heterocycles. The first-order valence-electron chi connectivity index (χ1n) is 5.66. The van der Waals surface area contributed by atoms with Gasteiger partial charge in [0.05, 0.1) is 14.2 Å². The van der Waals surface area contributed by atoms with Gasteiger partial charge in [0, 0.05) is 11.5 Å². The molecule has 7 heteroatoms. The molecule has 0 aliphatic rings. The molecular weight excluding hydrogens is 252 g/mol. The van der Waals surface area contributed by atoms with Crippen LogP contribution in [0.15, 0.2) is 18.2 Å². The predicted molar refractivity (Wildman–Crippen MR) is 68.1 cm³/mol. The van der Waals surface area contributed by atoms with Crippen LogP contribution in [0.5, 0.6) is 11.5 Å². The number of nitro groups is 1. The zero-order chi connectivity index (χ0) is 14.3. The Balaban J connectivity index is 2.49. The van der Waals surface area contributed by atoms with Crippen molar-refractivity contribution < 1.29 is 19.2 Å². The minimum atomic E-state index is -0.702. The molecule has 7 nitrogen and oxygen atoms in total. The highest BCUT2D eigenvalue weighted by Gasteiger charge is 2.09. The minimum absolute atomic E-state index is 0.335. The third-order valence-corrected chi connectivity index (χ3v) is 2.46. The highest BCUT2D eigenvalue weighted by atomic mass is 16.6. The maximum atomic E-state index is 11.1. The van der Waals surface area contributed by atoms with Crippen molar-refractivity contribution in [2.75, 3.05) is 27.3 Å². The average Bonchev–Trinajstić information content (AvgIpc) is 2.37. The molecule has 1 amide bonds. The summed E-state index contributed by atoms with van der Waals surface area (Å²) in [5, 5.41) is 12.6. The summed E-state index contributed by atoms with van der Waals surface area (Å²) < 4.78 is 10.3. The number of carbonyl (C=O) groups is 1. The van der Waals surface area contributed by atoms with Gasteiger partial charge in [0.15, 0.2) is 11.5 Å². The summed E-state index contributed by atoms with van der Waals surface area (Å²) >= 11 is 0. The van der Waals surface area contributed by atoms with Gasteiger partial charge in [-0.05, 0) is 24.1 Å². The summed E-state index contributed by atoms with van der Waals surface area (Å²) in [4.78, 5) is 20.5. The van der Waals surface area contributed by atoms with Crippen LogP contribution in [0.25, 0.3) is 0 Å². The van der Waals surface area contributed by atoms with Crippen molar-refractivity contribution in [1.82, 2.24) is 5.32 Å². The first kappa shape index (κ1) is 14.7. The number of hydrogen-bond acceptors (Lipinski definition) is 5. The second kappa shape index (κ2) is 7.20. The van der Waals surface area contributed by atoms with Gasteiger partial charge in [-0.3, -0.25) is 14.9 Å². The Kier molecular flexibility index (Phi) is 5.59. The van der Waals surface area contributed by atoms with E-state index < -0.39 is 17.4 Å². The standard InChI is InChI=1S/C12H16N2O5/c1-18-10-4-3-9(7-11(10)19-2)5-6-13-12(15)8-14(16)17/h3-4,7H,5-6,8H2,1-2H3,(H,13,15). The predicted octanol–water partition coefficient (Wildman–Crippen LogP) is 0.639. The normalized spacial score (nSPS) is 9.79. The van der Waals surface area contributed by atoms with E-state index in [4.69, 9.17) is 9.47 Å². The summed E-state index contributed by atoms with van der Waals surface area (Å²) in [7, 11) is 3.09. The van der Waals surface area contributed by atoms with Crippen LogP contribution in [0.4, 0.5) is 0 Å². The molecule has 0 aliphatic heterocycles. The average molecular weight is 268 g/mol. The Labute approximate surface area is 110 Å². The van der Waals surface area contributed by atoms with Gasteiger partial charge < -0.3 is 14.8 Å². The molecule has 1 aromatic carbocycles. The summed E-state index contributed by atoms with van der Waals surface area (Å²) in [6.45, 7) is -0.367. The van der Waals surface area contributed by atoms with Crippen LogP contribution in [0.2, 0.25) is 0 Å². The van der Waals surface area contributed by atoms with Gasteiger partial charge in [0.25, 0.3) is 12.5 Å². The van der Waals surface area contributed by atoms with E-state index >= 15 is 0 Å². The molecule has 1 aromatic rings. The lowest BCUT2D eigenvalue weighted by Gasteiger charge is -2.09. The highest BCUT2D eigenvalue weighted by molar-refractivity contribution is 5.76. The number of methoxy groups -OCH3 is 2. The molecule has 1 rings (SSSR count). The summed E-state index contributed by atoms with van der Waals surface area (Å²) in [5.41, 5.74) is 0.944. The Morgan fingerprint density at radius 3 is 2.58 bits per heavy atom. The zero-order valence-electron chi connectivity index (χ0n) is 10.8. The van der Waals surface area contributed by atoms with E-state index in [1.165, 1.54) is 0 Å². The lowest BCUT2D eigenvalue weighted by atomic mass is 10.1. The number of rotatable bonds is 7. The lowest BCUT2D eigenvalue weighted by molar-refractivity contribution is -0.467. The SMILES string of the molecule is COc1ccc(CCNC(=O)C[N+](=O)[O-])cc1OC. The molecule has 104 valence electrons. The second-order valence-electron chi connectivity index (χ2n) is 3.78. The molecule has 0 saturated carbocycles. The molecule has 0 aliphatic carbocycles. The minimum Gasteiger partial charge on any atom is -0.493 e.